The standard InChI is InChI=1S/C14H18Cl3NO/c15-10-6-7-11(16)14(17)9(10)8-18-12-4-2-1-3-5-13(12)19/h6-7,12-13,18-19H,1-5,8H2. The van der Waals surface area contributed by atoms with E-state index < -0.39 is 0 Å². The van der Waals surface area contributed by atoms with Gasteiger partial charge in [-0.05, 0) is 25.0 Å². The molecule has 0 spiro atoms. The van der Waals surface area contributed by atoms with Gasteiger partial charge < -0.3 is 10.4 Å². The molecule has 106 valence electrons. The van der Waals surface area contributed by atoms with Gasteiger partial charge in [-0.1, -0.05) is 54.1 Å². The van der Waals surface area contributed by atoms with Crippen LogP contribution in [0, 0.1) is 0 Å². The molecule has 1 aromatic carbocycles. The molecule has 1 saturated carbocycles. The molecule has 0 aliphatic heterocycles. The van der Waals surface area contributed by atoms with Crippen LogP contribution in [0.1, 0.15) is 37.7 Å². The lowest BCUT2D eigenvalue weighted by atomic mass is 10.1. The predicted octanol–water partition coefficient (Wildman–Crippen LogP) is 4.43. The lowest BCUT2D eigenvalue weighted by molar-refractivity contribution is 0.119. The normalized spacial score (nSPS) is 24.2. The lowest BCUT2D eigenvalue weighted by Crippen LogP contribution is -2.38. The number of hydrogen-bond acceptors (Lipinski definition) is 2. The first-order valence-corrected chi connectivity index (χ1v) is 7.77. The van der Waals surface area contributed by atoms with Gasteiger partial charge in [0.25, 0.3) is 0 Å². The van der Waals surface area contributed by atoms with E-state index in [4.69, 9.17) is 34.8 Å². The molecule has 1 aliphatic carbocycles. The summed E-state index contributed by atoms with van der Waals surface area (Å²) in [6.45, 7) is 0.528. The van der Waals surface area contributed by atoms with Crippen LogP contribution in [0.4, 0.5) is 0 Å². The van der Waals surface area contributed by atoms with Gasteiger partial charge in [0, 0.05) is 23.2 Å². The molecule has 2 atom stereocenters. The Balaban J connectivity index is 2.03. The summed E-state index contributed by atoms with van der Waals surface area (Å²) >= 11 is 18.3. The highest BCUT2D eigenvalue weighted by atomic mass is 35.5. The largest absolute Gasteiger partial charge is 0.392 e. The highest BCUT2D eigenvalue weighted by Gasteiger charge is 2.21. The fraction of sp³-hybridized carbons (Fsp3) is 0.571. The predicted molar refractivity (Wildman–Crippen MR) is 81.2 cm³/mol. The summed E-state index contributed by atoms with van der Waals surface area (Å²) in [7, 11) is 0. The summed E-state index contributed by atoms with van der Waals surface area (Å²) in [5, 5.41) is 15.0. The van der Waals surface area contributed by atoms with Gasteiger partial charge in [-0.15, -0.1) is 0 Å². The van der Waals surface area contributed by atoms with Crippen LogP contribution in [0.2, 0.25) is 15.1 Å². The number of hydrogen-bond donors (Lipinski definition) is 2. The van der Waals surface area contributed by atoms with Gasteiger partial charge in [-0.2, -0.15) is 0 Å². The van der Waals surface area contributed by atoms with Crippen molar-refractivity contribution in [2.45, 2.75) is 50.8 Å². The fourth-order valence-electron chi connectivity index (χ4n) is 2.49. The van der Waals surface area contributed by atoms with Crippen LogP contribution >= 0.6 is 34.8 Å². The van der Waals surface area contributed by atoms with Crippen molar-refractivity contribution in [3.05, 3.63) is 32.8 Å². The topological polar surface area (TPSA) is 32.3 Å². The van der Waals surface area contributed by atoms with Gasteiger partial charge in [0.05, 0.1) is 16.1 Å². The zero-order valence-corrected chi connectivity index (χ0v) is 12.9. The highest BCUT2D eigenvalue weighted by molar-refractivity contribution is 6.44. The molecule has 0 radical (unpaired) electrons. The second kappa shape index (κ2) is 7.14. The summed E-state index contributed by atoms with van der Waals surface area (Å²) in [6.07, 6.45) is 4.97. The first-order valence-electron chi connectivity index (χ1n) is 6.63. The van der Waals surface area contributed by atoms with Crippen molar-refractivity contribution in [3.8, 4) is 0 Å². The quantitative estimate of drug-likeness (QED) is 0.637. The number of nitrogens with one attached hydrogen (secondary N) is 1. The molecule has 0 saturated heterocycles. The van der Waals surface area contributed by atoms with Gasteiger partial charge in [-0.25, -0.2) is 0 Å². The number of aliphatic hydroxyl groups is 1. The van der Waals surface area contributed by atoms with Crippen LogP contribution in [0.15, 0.2) is 12.1 Å². The van der Waals surface area contributed by atoms with Crippen LogP contribution in [0.25, 0.3) is 0 Å². The molecule has 5 heteroatoms. The molecule has 1 aliphatic rings. The van der Waals surface area contributed by atoms with E-state index in [-0.39, 0.29) is 12.1 Å². The number of halogens is 3. The van der Waals surface area contributed by atoms with Crippen LogP contribution in [0.3, 0.4) is 0 Å². The third-order valence-electron chi connectivity index (χ3n) is 3.66. The minimum atomic E-state index is -0.292. The molecule has 2 rings (SSSR count). The van der Waals surface area contributed by atoms with E-state index in [9.17, 15) is 5.11 Å². The summed E-state index contributed by atoms with van der Waals surface area (Å²) in [4.78, 5) is 0. The van der Waals surface area contributed by atoms with E-state index in [0.29, 0.717) is 21.6 Å². The first kappa shape index (κ1) is 15.4. The van der Waals surface area contributed by atoms with Gasteiger partial charge in [0.15, 0.2) is 0 Å². The van der Waals surface area contributed by atoms with Crippen molar-refractivity contribution in [3.63, 3.8) is 0 Å². The molecular formula is C14H18Cl3NO. The maximum absolute atomic E-state index is 10.1. The lowest BCUT2D eigenvalue weighted by Gasteiger charge is -2.22. The van der Waals surface area contributed by atoms with Crippen molar-refractivity contribution in [1.29, 1.82) is 0 Å². The zero-order chi connectivity index (χ0) is 13.8. The minimum Gasteiger partial charge on any atom is -0.392 e. The molecule has 19 heavy (non-hydrogen) atoms. The maximum atomic E-state index is 10.1. The molecular weight excluding hydrogens is 305 g/mol. The third-order valence-corrected chi connectivity index (χ3v) is 4.86. The van der Waals surface area contributed by atoms with Crippen molar-refractivity contribution < 1.29 is 5.11 Å². The van der Waals surface area contributed by atoms with E-state index in [1.165, 1.54) is 6.42 Å². The Morgan fingerprint density at radius 1 is 1.05 bits per heavy atom. The van der Waals surface area contributed by atoms with E-state index in [2.05, 4.69) is 5.32 Å². The molecule has 1 fully saturated rings. The number of rotatable bonds is 3. The Morgan fingerprint density at radius 2 is 1.74 bits per heavy atom. The monoisotopic (exact) mass is 321 g/mol. The summed E-state index contributed by atoms with van der Waals surface area (Å²) in [5.74, 6) is 0. The molecule has 0 aromatic heterocycles. The SMILES string of the molecule is OC1CCCCCC1NCc1c(Cl)ccc(Cl)c1Cl. The van der Waals surface area contributed by atoms with E-state index in [1.807, 2.05) is 0 Å². The molecule has 2 nitrogen and oxygen atoms in total. The third kappa shape index (κ3) is 3.99. The summed E-state index contributed by atoms with van der Waals surface area (Å²) in [5.41, 5.74) is 0.798. The average Bonchev–Trinajstić information content (AvgIpc) is 2.59. The van der Waals surface area contributed by atoms with Crippen LogP contribution in [-0.4, -0.2) is 17.3 Å². The van der Waals surface area contributed by atoms with Crippen LogP contribution in [0.5, 0.6) is 0 Å². The van der Waals surface area contributed by atoms with E-state index in [0.717, 1.165) is 31.2 Å². The van der Waals surface area contributed by atoms with Crippen molar-refractivity contribution in [1.82, 2.24) is 5.32 Å². The summed E-state index contributed by atoms with van der Waals surface area (Å²) < 4.78 is 0. The van der Waals surface area contributed by atoms with E-state index in [1.54, 1.807) is 12.1 Å². The Hall–Kier alpha value is 0.01000. The van der Waals surface area contributed by atoms with Crippen molar-refractivity contribution in [2.24, 2.45) is 0 Å². The number of aliphatic hydroxyl groups excluding tert-OH is 1. The van der Waals surface area contributed by atoms with Gasteiger partial charge in [-0.3, -0.25) is 0 Å². The van der Waals surface area contributed by atoms with Crippen molar-refractivity contribution in [2.75, 3.05) is 0 Å². The van der Waals surface area contributed by atoms with Gasteiger partial charge in [0.1, 0.15) is 0 Å². The Bertz CT molecular complexity index is 439. The zero-order valence-electron chi connectivity index (χ0n) is 10.6. The Kier molecular flexibility index (Phi) is 5.79. The summed E-state index contributed by atoms with van der Waals surface area (Å²) in [6, 6.07) is 3.54. The Labute approximate surface area is 129 Å². The molecule has 0 bridgehead atoms. The average molecular weight is 323 g/mol. The first-order chi connectivity index (χ1) is 9.09. The second-order valence-electron chi connectivity index (χ2n) is 5.01. The van der Waals surface area contributed by atoms with Crippen molar-refractivity contribution >= 4 is 34.8 Å². The second-order valence-corrected chi connectivity index (χ2v) is 6.21. The molecule has 0 heterocycles. The van der Waals surface area contributed by atoms with Crippen LogP contribution < -0.4 is 5.32 Å². The smallest absolute Gasteiger partial charge is 0.0693 e. The molecule has 2 unspecified atom stereocenters. The van der Waals surface area contributed by atoms with Gasteiger partial charge in [0.2, 0.25) is 0 Å². The molecule has 2 N–H and O–H groups in total. The molecule has 1 aromatic rings. The fourth-order valence-corrected chi connectivity index (χ4v) is 3.17. The van der Waals surface area contributed by atoms with Gasteiger partial charge >= 0.3 is 0 Å². The number of benzene rings is 1. The van der Waals surface area contributed by atoms with E-state index >= 15 is 0 Å². The highest BCUT2D eigenvalue weighted by Crippen LogP contribution is 2.31. The van der Waals surface area contributed by atoms with Crippen LogP contribution in [-0.2, 0) is 6.54 Å². The Morgan fingerprint density at radius 3 is 2.53 bits per heavy atom. The molecule has 0 amide bonds. The minimum absolute atomic E-state index is 0.105. The maximum Gasteiger partial charge on any atom is 0.0693 e.